The lowest BCUT2D eigenvalue weighted by Crippen LogP contribution is -2.12. The van der Waals surface area contributed by atoms with Crippen LogP contribution < -0.4 is 5.73 Å². The summed E-state index contributed by atoms with van der Waals surface area (Å²) in [6, 6.07) is 11.4. The second-order valence-corrected chi connectivity index (χ2v) is 4.88. The SMILES string of the molecule is NC(c1occc1Br)c1ccnc2ccccc12. The molecule has 3 aromatic rings. The average Bonchev–Trinajstić information content (AvgIpc) is 2.83. The highest BCUT2D eigenvalue weighted by Crippen LogP contribution is 2.30. The fourth-order valence-electron chi connectivity index (χ4n) is 2.06. The van der Waals surface area contributed by atoms with Crippen LogP contribution in [0.2, 0.25) is 0 Å². The molecule has 4 heteroatoms. The zero-order valence-electron chi connectivity index (χ0n) is 9.51. The summed E-state index contributed by atoms with van der Waals surface area (Å²) in [6.45, 7) is 0. The molecule has 18 heavy (non-hydrogen) atoms. The standard InChI is InChI=1S/C14H11BrN2O/c15-11-6-8-18-14(11)13(16)10-5-7-17-12-4-2-1-3-9(10)12/h1-8,13H,16H2. The van der Waals surface area contributed by atoms with Crippen molar-refractivity contribution in [1.82, 2.24) is 4.98 Å². The lowest BCUT2D eigenvalue weighted by Gasteiger charge is -2.12. The lowest BCUT2D eigenvalue weighted by molar-refractivity contribution is 0.488. The number of hydrogen-bond acceptors (Lipinski definition) is 3. The van der Waals surface area contributed by atoms with Gasteiger partial charge in [-0.15, -0.1) is 0 Å². The maximum atomic E-state index is 6.28. The topological polar surface area (TPSA) is 52.0 Å². The van der Waals surface area contributed by atoms with Crippen LogP contribution in [-0.4, -0.2) is 4.98 Å². The van der Waals surface area contributed by atoms with Gasteiger partial charge in [0.05, 0.1) is 22.3 Å². The Labute approximate surface area is 113 Å². The van der Waals surface area contributed by atoms with Crippen LogP contribution in [0, 0.1) is 0 Å². The van der Waals surface area contributed by atoms with Gasteiger partial charge >= 0.3 is 0 Å². The Morgan fingerprint density at radius 3 is 2.78 bits per heavy atom. The zero-order valence-corrected chi connectivity index (χ0v) is 11.1. The highest BCUT2D eigenvalue weighted by atomic mass is 79.9. The molecule has 3 nitrogen and oxygen atoms in total. The summed E-state index contributed by atoms with van der Waals surface area (Å²) < 4.78 is 6.32. The molecule has 0 spiro atoms. The maximum absolute atomic E-state index is 6.28. The van der Waals surface area contributed by atoms with E-state index in [1.807, 2.05) is 36.4 Å². The Kier molecular flexibility index (Phi) is 2.89. The molecule has 2 aromatic heterocycles. The minimum Gasteiger partial charge on any atom is -0.466 e. The molecule has 1 atom stereocenters. The molecule has 90 valence electrons. The van der Waals surface area contributed by atoms with Gasteiger partial charge in [-0.3, -0.25) is 4.98 Å². The number of fused-ring (bicyclic) bond motifs is 1. The molecule has 2 heterocycles. The van der Waals surface area contributed by atoms with Crippen molar-refractivity contribution in [2.75, 3.05) is 0 Å². The van der Waals surface area contributed by atoms with E-state index >= 15 is 0 Å². The molecule has 0 bridgehead atoms. The number of nitrogens with two attached hydrogens (primary N) is 1. The Balaban J connectivity index is 2.18. The van der Waals surface area contributed by atoms with Gasteiger partial charge in [0.15, 0.2) is 0 Å². The van der Waals surface area contributed by atoms with Crippen molar-refractivity contribution in [1.29, 1.82) is 0 Å². The van der Waals surface area contributed by atoms with Crippen LogP contribution in [0.25, 0.3) is 10.9 Å². The largest absolute Gasteiger partial charge is 0.466 e. The van der Waals surface area contributed by atoms with Crippen molar-refractivity contribution in [2.45, 2.75) is 6.04 Å². The molecule has 2 N–H and O–H groups in total. The third kappa shape index (κ3) is 1.83. The van der Waals surface area contributed by atoms with Crippen molar-refractivity contribution in [3.63, 3.8) is 0 Å². The highest BCUT2D eigenvalue weighted by molar-refractivity contribution is 9.10. The summed E-state index contributed by atoms with van der Waals surface area (Å²) >= 11 is 3.44. The van der Waals surface area contributed by atoms with E-state index in [1.54, 1.807) is 12.5 Å². The van der Waals surface area contributed by atoms with Gasteiger partial charge in [0, 0.05) is 11.6 Å². The smallest absolute Gasteiger partial charge is 0.139 e. The van der Waals surface area contributed by atoms with Crippen LogP contribution >= 0.6 is 15.9 Å². The predicted molar refractivity (Wildman–Crippen MR) is 74.2 cm³/mol. The number of para-hydroxylation sites is 1. The zero-order chi connectivity index (χ0) is 12.5. The summed E-state index contributed by atoms with van der Waals surface area (Å²) in [4.78, 5) is 4.33. The Morgan fingerprint density at radius 2 is 2.00 bits per heavy atom. The number of aromatic nitrogens is 1. The molecule has 0 fully saturated rings. The second kappa shape index (κ2) is 4.55. The lowest BCUT2D eigenvalue weighted by atomic mass is 10.0. The summed E-state index contributed by atoms with van der Waals surface area (Å²) in [5, 5.41) is 1.05. The fourth-order valence-corrected chi connectivity index (χ4v) is 2.51. The van der Waals surface area contributed by atoms with Gasteiger partial charge in [-0.2, -0.15) is 0 Å². The molecular weight excluding hydrogens is 292 g/mol. The Hall–Kier alpha value is -1.65. The first-order chi connectivity index (χ1) is 8.77. The Bertz CT molecular complexity index is 688. The van der Waals surface area contributed by atoms with Crippen LogP contribution in [0.15, 0.2) is 57.7 Å². The summed E-state index contributed by atoms with van der Waals surface area (Å²) in [5.41, 5.74) is 8.22. The Morgan fingerprint density at radius 1 is 1.17 bits per heavy atom. The van der Waals surface area contributed by atoms with Crippen molar-refractivity contribution in [2.24, 2.45) is 5.73 Å². The molecule has 0 aliphatic heterocycles. The van der Waals surface area contributed by atoms with Crippen molar-refractivity contribution in [3.05, 3.63) is 64.7 Å². The molecule has 1 unspecified atom stereocenters. The summed E-state index contributed by atoms with van der Waals surface area (Å²) in [6.07, 6.45) is 3.40. The van der Waals surface area contributed by atoms with Crippen LogP contribution in [-0.2, 0) is 0 Å². The van der Waals surface area contributed by atoms with E-state index in [2.05, 4.69) is 20.9 Å². The van der Waals surface area contributed by atoms with Crippen LogP contribution in [0.1, 0.15) is 17.4 Å². The molecule has 0 amide bonds. The van der Waals surface area contributed by atoms with E-state index in [9.17, 15) is 0 Å². The number of pyridine rings is 1. The van der Waals surface area contributed by atoms with Crippen molar-refractivity contribution < 1.29 is 4.42 Å². The molecule has 0 saturated heterocycles. The molecule has 3 rings (SSSR count). The first-order valence-corrected chi connectivity index (χ1v) is 6.39. The van der Waals surface area contributed by atoms with Gasteiger partial charge in [0.1, 0.15) is 5.76 Å². The fraction of sp³-hybridized carbons (Fsp3) is 0.0714. The molecular formula is C14H11BrN2O. The number of hydrogen-bond donors (Lipinski definition) is 1. The van der Waals surface area contributed by atoms with Gasteiger partial charge < -0.3 is 10.2 Å². The van der Waals surface area contributed by atoms with Gasteiger partial charge in [0.25, 0.3) is 0 Å². The number of benzene rings is 1. The minimum atomic E-state index is -0.303. The second-order valence-electron chi connectivity index (χ2n) is 4.03. The first-order valence-electron chi connectivity index (χ1n) is 5.59. The molecule has 0 radical (unpaired) electrons. The average molecular weight is 303 g/mol. The third-order valence-electron chi connectivity index (χ3n) is 2.95. The summed E-state index contributed by atoms with van der Waals surface area (Å²) in [7, 11) is 0. The quantitative estimate of drug-likeness (QED) is 0.786. The van der Waals surface area contributed by atoms with E-state index in [-0.39, 0.29) is 6.04 Å². The van der Waals surface area contributed by atoms with Gasteiger partial charge in [-0.1, -0.05) is 18.2 Å². The molecule has 1 aromatic carbocycles. The van der Waals surface area contributed by atoms with Gasteiger partial charge in [-0.25, -0.2) is 0 Å². The van der Waals surface area contributed by atoms with Crippen molar-refractivity contribution >= 4 is 26.8 Å². The maximum Gasteiger partial charge on any atom is 0.139 e. The van der Waals surface area contributed by atoms with E-state index in [4.69, 9.17) is 10.2 Å². The number of rotatable bonds is 2. The monoisotopic (exact) mass is 302 g/mol. The number of nitrogens with zero attached hydrogens (tertiary/aromatic N) is 1. The normalized spacial score (nSPS) is 12.8. The molecule has 0 saturated carbocycles. The molecule has 0 aliphatic carbocycles. The van der Waals surface area contributed by atoms with Crippen LogP contribution in [0.3, 0.4) is 0 Å². The third-order valence-corrected chi connectivity index (χ3v) is 3.60. The van der Waals surface area contributed by atoms with E-state index < -0.39 is 0 Å². The van der Waals surface area contributed by atoms with E-state index in [0.717, 1.165) is 26.7 Å². The summed E-state index contributed by atoms with van der Waals surface area (Å²) in [5.74, 6) is 0.728. The molecule has 0 aliphatic rings. The highest BCUT2D eigenvalue weighted by Gasteiger charge is 2.17. The minimum absolute atomic E-state index is 0.303. The van der Waals surface area contributed by atoms with E-state index in [1.165, 1.54) is 0 Å². The van der Waals surface area contributed by atoms with Crippen LogP contribution in [0.4, 0.5) is 0 Å². The predicted octanol–water partition coefficient (Wildman–Crippen LogP) is 3.64. The van der Waals surface area contributed by atoms with Crippen molar-refractivity contribution in [3.8, 4) is 0 Å². The van der Waals surface area contributed by atoms with Gasteiger partial charge in [-0.05, 0) is 39.7 Å². The van der Waals surface area contributed by atoms with Crippen LogP contribution in [0.5, 0.6) is 0 Å². The van der Waals surface area contributed by atoms with E-state index in [0.29, 0.717) is 0 Å². The number of furan rings is 1. The number of halogens is 1. The first kappa shape index (κ1) is 11.4. The van der Waals surface area contributed by atoms with Gasteiger partial charge in [0.2, 0.25) is 0 Å².